The lowest BCUT2D eigenvalue weighted by molar-refractivity contribution is -0.131. The summed E-state index contributed by atoms with van der Waals surface area (Å²) < 4.78 is 5.65. The van der Waals surface area contributed by atoms with Gasteiger partial charge in [-0.2, -0.15) is 0 Å². The van der Waals surface area contributed by atoms with Gasteiger partial charge in [0.15, 0.2) is 0 Å². The maximum Gasteiger partial charge on any atom is 0.331 e. The van der Waals surface area contributed by atoms with Crippen LogP contribution in [0.15, 0.2) is 35.1 Å². The zero-order valence-corrected chi connectivity index (χ0v) is 15.0. The van der Waals surface area contributed by atoms with E-state index in [1.54, 1.807) is 0 Å². The predicted octanol–water partition coefficient (Wildman–Crippen LogP) is 5.49. The van der Waals surface area contributed by atoms with Gasteiger partial charge in [-0.3, -0.25) is 0 Å². The minimum absolute atomic E-state index is 0.0215. The molecule has 0 rings (SSSR count). The normalized spacial score (nSPS) is 13.0. The van der Waals surface area contributed by atoms with Crippen LogP contribution in [0.2, 0.25) is 0 Å². The second-order valence-electron chi connectivity index (χ2n) is 7.21. The maximum atomic E-state index is 10.9. The quantitative estimate of drug-likeness (QED) is 0.348. The first-order valence-electron chi connectivity index (χ1n) is 7.95. The number of ether oxygens (including phenoxy) is 1. The molecule has 0 aromatic carbocycles. The van der Waals surface area contributed by atoms with E-state index >= 15 is 0 Å². The molecule has 0 saturated heterocycles. The minimum atomic E-state index is -0.951. The van der Waals surface area contributed by atoms with Gasteiger partial charge >= 0.3 is 5.97 Å². The van der Waals surface area contributed by atoms with Crippen molar-refractivity contribution < 1.29 is 14.6 Å². The van der Waals surface area contributed by atoms with E-state index in [0.717, 1.165) is 19.3 Å². The zero-order chi connectivity index (χ0) is 17.2. The summed E-state index contributed by atoms with van der Waals surface area (Å²) in [6, 6.07) is 0. The molecular weight excluding hydrogens is 276 g/mol. The number of carbonyl (C=O) groups is 1. The van der Waals surface area contributed by atoms with Crippen LogP contribution in [0.1, 0.15) is 67.2 Å². The van der Waals surface area contributed by atoms with Crippen molar-refractivity contribution in [1.29, 1.82) is 0 Å². The number of carboxylic acids is 1. The molecule has 0 aromatic rings. The van der Waals surface area contributed by atoms with Crippen LogP contribution in [0.4, 0.5) is 0 Å². The van der Waals surface area contributed by atoms with Crippen LogP contribution in [0.5, 0.6) is 0 Å². The van der Waals surface area contributed by atoms with E-state index in [9.17, 15) is 4.79 Å². The SMILES string of the molecule is CC(C)=CCCC(C)=CCCC(=CC(=O)O)OCC(C)(C)C. The number of hydrogen-bond acceptors (Lipinski definition) is 2. The fraction of sp³-hybridized carbons (Fsp3) is 0.632. The van der Waals surface area contributed by atoms with Crippen LogP contribution in [0, 0.1) is 5.41 Å². The van der Waals surface area contributed by atoms with Gasteiger partial charge < -0.3 is 9.84 Å². The molecule has 1 N–H and O–H groups in total. The predicted molar refractivity (Wildman–Crippen MR) is 92.8 cm³/mol. The standard InChI is InChI=1S/C19H32O3/c1-15(2)9-7-10-16(3)11-8-12-17(13-18(20)21)22-14-19(4,5)6/h9,11,13H,7-8,10,12,14H2,1-6H3,(H,20,21). The monoisotopic (exact) mass is 308 g/mol. The second-order valence-corrected chi connectivity index (χ2v) is 7.21. The minimum Gasteiger partial charge on any atom is -0.497 e. The van der Waals surface area contributed by atoms with Crippen molar-refractivity contribution in [3.05, 3.63) is 35.1 Å². The summed E-state index contributed by atoms with van der Waals surface area (Å²) in [7, 11) is 0. The molecule has 126 valence electrons. The average Bonchev–Trinajstić information content (AvgIpc) is 2.33. The summed E-state index contributed by atoms with van der Waals surface area (Å²) >= 11 is 0. The van der Waals surface area contributed by atoms with Gasteiger partial charge in [0, 0.05) is 6.42 Å². The Morgan fingerprint density at radius 3 is 2.14 bits per heavy atom. The molecule has 0 aromatic heterocycles. The van der Waals surface area contributed by atoms with Crippen molar-refractivity contribution in [3.8, 4) is 0 Å². The molecule has 0 radical (unpaired) electrons. The van der Waals surface area contributed by atoms with Crippen LogP contribution in [0.3, 0.4) is 0 Å². The Balaban J connectivity index is 4.39. The lowest BCUT2D eigenvalue weighted by Gasteiger charge is -2.20. The Labute approximate surface area is 135 Å². The molecule has 3 heteroatoms. The van der Waals surface area contributed by atoms with Gasteiger partial charge in [0.2, 0.25) is 0 Å². The van der Waals surface area contributed by atoms with Gasteiger partial charge in [-0.1, -0.05) is 44.1 Å². The van der Waals surface area contributed by atoms with E-state index in [2.05, 4.69) is 53.7 Å². The molecule has 0 aliphatic rings. The summed E-state index contributed by atoms with van der Waals surface area (Å²) in [5.74, 6) is -0.399. The number of aliphatic carboxylic acids is 1. The van der Waals surface area contributed by atoms with Crippen LogP contribution < -0.4 is 0 Å². The topological polar surface area (TPSA) is 46.5 Å². The van der Waals surface area contributed by atoms with E-state index < -0.39 is 5.97 Å². The molecule has 0 aliphatic carbocycles. The highest BCUT2D eigenvalue weighted by Gasteiger charge is 2.12. The Bertz CT molecular complexity index is 430. The largest absolute Gasteiger partial charge is 0.497 e. The molecule has 0 bridgehead atoms. The molecule has 0 heterocycles. The molecule has 0 atom stereocenters. The Kier molecular flexibility index (Phi) is 9.55. The summed E-state index contributed by atoms with van der Waals surface area (Å²) in [5, 5.41) is 8.91. The number of allylic oxidation sites excluding steroid dienone is 5. The molecule has 0 saturated carbocycles. The zero-order valence-electron chi connectivity index (χ0n) is 15.0. The molecule has 0 amide bonds. The lowest BCUT2D eigenvalue weighted by Crippen LogP contribution is -2.14. The van der Waals surface area contributed by atoms with E-state index in [1.807, 2.05) is 0 Å². The van der Waals surface area contributed by atoms with Crippen LogP contribution >= 0.6 is 0 Å². The van der Waals surface area contributed by atoms with Crippen molar-refractivity contribution in [2.24, 2.45) is 5.41 Å². The highest BCUT2D eigenvalue weighted by molar-refractivity contribution is 5.80. The third kappa shape index (κ3) is 13.5. The van der Waals surface area contributed by atoms with E-state index in [1.165, 1.54) is 17.2 Å². The Morgan fingerprint density at radius 1 is 1.05 bits per heavy atom. The molecule has 0 aliphatic heterocycles. The molecule has 3 nitrogen and oxygen atoms in total. The van der Waals surface area contributed by atoms with Crippen LogP contribution in [0.25, 0.3) is 0 Å². The summed E-state index contributed by atoms with van der Waals surface area (Å²) in [6.45, 7) is 13.1. The van der Waals surface area contributed by atoms with Gasteiger partial charge in [-0.25, -0.2) is 4.79 Å². The van der Waals surface area contributed by atoms with Gasteiger partial charge in [-0.15, -0.1) is 0 Å². The first-order valence-corrected chi connectivity index (χ1v) is 7.95. The van der Waals surface area contributed by atoms with Crippen molar-refractivity contribution in [2.75, 3.05) is 6.61 Å². The van der Waals surface area contributed by atoms with Crippen molar-refractivity contribution in [3.63, 3.8) is 0 Å². The summed E-state index contributed by atoms with van der Waals surface area (Å²) in [5.41, 5.74) is 2.70. The molecule has 0 unspecified atom stereocenters. The number of carboxylic acid groups (broad SMARTS) is 1. The number of rotatable bonds is 9. The average molecular weight is 308 g/mol. The van der Waals surface area contributed by atoms with Gasteiger partial charge in [0.05, 0.1) is 12.7 Å². The third-order valence-corrected chi connectivity index (χ3v) is 2.95. The van der Waals surface area contributed by atoms with Gasteiger partial charge in [0.1, 0.15) is 5.76 Å². The molecular formula is C19H32O3. The molecule has 0 fully saturated rings. The maximum absolute atomic E-state index is 10.9. The van der Waals surface area contributed by atoms with Crippen molar-refractivity contribution in [1.82, 2.24) is 0 Å². The fourth-order valence-electron chi connectivity index (χ4n) is 1.78. The first-order chi connectivity index (χ1) is 10.1. The third-order valence-electron chi connectivity index (χ3n) is 2.95. The first kappa shape index (κ1) is 20.5. The highest BCUT2D eigenvalue weighted by Crippen LogP contribution is 2.18. The van der Waals surface area contributed by atoms with Crippen molar-refractivity contribution in [2.45, 2.75) is 67.2 Å². The van der Waals surface area contributed by atoms with Crippen LogP contribution in [-0.4, -0.2) is 17.7 Å². The van der Waals surface area contributed by atoms with Gasteiger partial charge in [-0.05, 0) is 45.4 Å². The van der Waals surface area contributed by atoms with Crippen molar-refractivity contribution >= 4 is 5.97 Å². The van der Waals surface area contributed by atoms with Crippen LogP contribution in [-0.2, 0) is 9.53 Å². The fourth-order valence-corrected chi connectivity index (χ4v) is 1.78. The second kappa shape index (κ2) is 10.3. The van der Waals surface area contributed by atoms with E-state index in [-0.39, 0.29) is 5.41 Å². The summed E-state index contributed by atoms with van der Waals surface area (Å²) in [6.07, 6.45) is 9.13. The number of hydrogen-bond donors (Lipinski definition) is 1. The smallest absolute Gasteiger partial charge is 0.331 e. The molecule has 22 heavy (non-hydrogen) atoms. The molecule has 0 spiro atoms. The van der Waals surface area contributed by atoms with E-state index in [4.69, 9.17) is 9.84 Å². The Morgan fingerprint density at radius 2 is 1.64 bits per heavy atom. The van der Waals surface area contributed by atoms with Gasteiger partial charge in [0.25, 0.3) is 0 Å². The lowest BCUT2D eigenvalue weighted by atomic mass is 9.98. The summed E-state index contributed by atoms with van der Waals surface area (Å²) in [4.78, 5) is 10.9. The van der Waals surface area contributed by atoms with E-state index in [0.29, 0.717) is 18.8 Å². The highest BCUT2D eigenvalue weighted by atomic mass is 16.5. The Hall–Kier alpha value is -1.51.